The van der Waals surface area contributed by atoms with E-state index < -0.39 is 21.9 Å². The molecule has 0 spiro atoms. The molecule has 2 aromatic heterocycles. The van der Waals surface area contributed by atoms with Crippen molar-refractivity contribution in [1.29, 1.82) is 0 Å². The molecule has 4 rings (SSSR count). The first kappa shape index (κ1) is 22.2. The van der Waals surface area contributed by atoms with Gasteiger partial charge in [-0.1, -0.05) is 23.4 Å². The van der Waals surface area contributed by atoms with Crippen LogP contribution in [0.3, 0.4) is 0 Å². The van der Waals surface area contributed by atoms with Gasteiger partial charge >= 0.3 is 12.1 Å². The van der Waals surface area contributed by atoms with Gasteiger partial charge in [0.25, 0.3) is 0 Å². The van der Waals surface area contributed by atoms with Crippen LogP contribution in [-0.2, 0) is 16.0 Å². The quantitative estimate of drug-likeness (QED) is 0.522. The smallest absolute Gasteiger partial charge is 0.471 e. The summed E-state index contributed by atoms with van der Waals surface area (Å²) in [4.78, 5) is 9.74. The molecule has 0 aliphatic carbocycles. The molecular weight excluding hydrogens is 449 g/mol. The lowest BCUT2D eigenvalue weighted by atomic mass is 10.2. The lowest BCUT2D eigenvalue weighted by Crippen LogP contribution is -2.29. The second-order valence-corrected chi connectivity index (χ2v) is 9.38. The zero-order chi connectivity index (χ0) is 22.8. The summed E-state index contributed by atoms with van der Waals surface area (Å²) in [6.45, 7) is 1.63. The van der Waals surface area contributed by atoms with Crippen LogP contribution in [0.5, 0.6) is 5.88 Å². The molecule has 0 radical (unpaired) electrons. The molecule has 3 aromatic rings. The van der Waals surface area contributed by atoms with E-state index in [-0.39, 0.29) is 23.2 Å². The second-order valence-electron chi connectivity index (χ2n) is 7.27. The minimum absolute atomic E-state index is 0.0152. The number of sulfone groups is 1. The van der Waals surface area contributed by atoms with Gasteiger partial charge in [-0.3, -0.25) is 4.90 Å². The first-order chi connectivity index (χ1) is 15.2. The van der Waals surface area contributed by atoms with Crippen molar-refractivity contribution in [2.24, 2.45) is 0 Å². The van der Waals surface area contributed by atoms with Crippen LogP contribution in [0, 0.1) is 0 Å². The van der Waals surface area contributed by atoms with Crippen molar-refractivity contribution in [2.75, 3.05) is 25.4 Å². The third-order valence-electron chi connectivity index (χ3n) is 4.96. The lowest BCUT2D eigenvalue weighted by molar-refractivity contribution is -0.159. The molecule has 8 nitrogen and oxygen atoms in total. The zero-order valence-electron chi connectivity index (χ0n) is 16.7. The number of hydrogen-bond acceptors (Lipinski definition) is 8. The Balaban J connectivity index is 1.30. The molecule has 0 saturated carbocycles. The Bertz CT molecular complexity index is 1150. The van der Waals surface area contributed by atoms with Gasteiger partial charge in [-0.25, -0.2) is 13.4 Å². The average Bonchev–Trinajstić information content (AvgIpc) is 3.43. The van der Waals surface area contributed by atoms with E-state index in [2.05, 4.69) is 19.6 Å². The predicted molar refractivity (Wildman–Crippen MR) is 106 cm³/mol. The van der Waals surface area contributed by atoms with Gasteiger partial charge < -0.3 is 9.26 Å². The second kappa shape index (κ2) is 8.87. The Morgan fingerprint density at radius 3 is 2.59 bits per heavy atom. The number of benzene rings is 1. The van der Waals surface area contributed by atoms with Crippen LogP contribution >= 0.6 is 0 Å². The van der Waals surface area contributed by atoms with Crippen molar-refractivity contribution >= 4 is 9.84 Å². The van der Waals surface area contributed by atoms with Gasteiger partial charge in [0.05, 0.1) is 10.6 Å². The molecular formula is C20H19F3N4O4S. The van der Waals surface area contributed by atoms with Crippen LogP contribution in [0.15, 0.2) is 58.1 Å². The van der Waals surface area contributed by atoms with Crippen LogP contribution in [0.4, 0.5) is 13.2 Å². The van der Waals surface area contributed by atoms with Crippen molar-refractivity contribution in [3.05, 3.63) is 54.6 Å². The molecule has 1 aromatic carbocycles. The SMILES string of the molecule is O=S(=O)(CCN1CC[C@H](Oc2ccc(-c3noc(C(F)(F)F)n3)cn2)C1)c1ccccc1. The molecule has 0 bridgehead atoms. The van der Waals surface area contributed by atoms with Crippen molar-refractivity contribution in [3.63, 3.8) is 0 Å². The third kappa shape index (κ3) is 5.25. The summed E-state index contributed by atoms with van der Waals surface area (Å²) in [6, 6.07) is 11.3. The van der Waals surface area contributed by atoms with Gasteiger partial charge in [0, 0.05) is 37.5 Å². The predicted octanol–water partition coefficient (Wildman–Crippen LogP) is 3.08. The van der Waals surface area contributed by atoms with Gasteiger partial charge in [0.2, 0.25) is 11.7 Å². The summed E-state index contributed by atoms with van der Waals surface area (Å²) < 4.78 is 72.6. The number of nitrogens with zero attached hydrogens (tertiary/aromatic N) is 4. The van der Waals surface area contributed by atoms with Crippen molar-refractivity contribution < 1.29 is 30.8 Å². The molecule has 170 valence electrons. The number of ether oxygens (including phenoxy) is 1. The minimum atomic E-state index is -4.71. The summed E-state index contributed by atoms with van der Waals surface area (Å²) >= 11 is 0. The lowest BCUT2D eigenvalue weighted by Gasteiger charge is -2.16. The average molecular weight is 468 g/mol. The molecule has 12 heteroatoms. The fourth-order valence-corrected chi connectivity index (χ4v) is 4.61. The molecule has 1 atom stereocenters. The largest absolute Gasteiger partial charge is 0.473 e. The molecule has 1 aliphatic rings. The van der Waals surface area contributed by atoms with Crippen LogP contribution in [0.25, 0.3) is 11.4 Å². The Hall–Kier alpha value is -2.99. The maximum absolute atomic E-state index is 12.6. The fourth-order valence-electron chi connectivity index (χ4n) is 3.30. The molecule has 0 N–H and O–H groups in total. The number of likely N-dealkylation sites (tertiary alicyclic amines) is 1. The van der Waals surface area contributed by atoms with Crippen LogP contribution in [0.1, 0.15) is 12.3 Å². The first-order valence-corrected chi connectivity index (χ1v) is 11.4. The van der Waals surface area contributed by atoms with Crippen molar-refractivity contribution in [1.82, 2.24) is 20.0 Å². The van der Waals surface area contributed by atoms with E-state index in [1.807, 2.05) is 4.90 Å². The number of hydrogen-bond donors (Lipinski definition) is 0. The number of aromatic nitrogens is 3. The van der Waals surface area contributed by atoms with E-state index in [0.29, 0.717) is 36.8 Å². The fraction of sp³-hybridized carbons (Fsp3) is 0.350. The Kier molecular flexibility index (Phi) is 6.15. The first-order valence-electron chi connectivity index (χ1n) is 9.75. The van der Waals surface area contributed by atoms with Crippen LogP contribution < -0.4 is 4.74 Å². The summed E-state index contributed by atoms with van der Waals surface area (Å²) in [7, 11) is -3.35. The number of rotatable bonds is 7. The summed E-state index contributed by atoms with van der Waals surface area (Å²) in [5.74, 6) is -1.32. The number of alkyl halides is 3. The maximum Gasteiger partial charge on any atom is 0.471 e. The maximum atomic E-state index is 12.6. The highest BCUT2D eigenvalue weighted by Gasteiger charge is 2.38. The third-order valence-corrected chi connectivity index (χ3v) is 6.67. The highest BCUT2D eigenvalue weighted by Crippen LogP contribution is 2.29. The van der Waals surface area contributed by atoms with E-state index in [1.165, 1.54) is 18.3 Å². The molecule has 1 saturated heterocycles. The number of halogens is 3. The monoisotopic (exact) mass is 468 g/mol. The number of pyridine rings is 1. The van der Waals surface area contributed by atoms with Crippen LogP contribution in [0.2, 0.25) is 0 Å². The molecule has 32 heavy (non-hydrogen) atoms. The Morgan fingerprint density at radius 2 is 1.94 bits per heavy atom. The molecule has 3 heterocycles. The molecule has 1 aliphatic heterocycles. The van der Waals surface area contributed by atoms with E-state index in [4.69, 9.17) is 4.74 Å². The standard InChI is InChI=1S/C20H19F3N4O4S/c21-20(22,23)19-25-18(26-31-19)14-6-7-17(24-12-14)30-15-8-9-27(13-15)10-11-32(28,29)16-4-2-1-3-5-16/h1-7,12,15H,8-11,13H2/t15-/m0/s1. The van der Waals surface area contributed by atoms with Crippen molar-refractivity contribution in [3.8, 4) is 17.3 Å². The zero-order valence-corrected chi connectivity index (χ0v) is 17.5. The summed E-state index contributed by atoms with van der Waals surface area (Å²) in [5, 5.41) is 3.32. The van der Waals surface area contributed by atoms with Gasteiger partial charge in [0.15, 0.2) is 9.84 Å². The van der Waals surface area contributed by atoms with E-state index in [0.717, 1.165) is 0 Å². The van der Waals surface area contributed by atoms with E-state index in [1.54, 1.807) is 30.3 Å². The van der Waals surface area contributed by atoms with Gasteiger partial charge in [-0.2, -0.15) is 18.2 Å². The topological polar surface area (TPSA) is 98.4 Å². The highest BCUT2D eigenvalue weighted by molar-refractivity contribution is 7.91. The summed E-state index contributed by atoms with van der Waals surface area (Å²) in [6.07, 6.45) is -2.88. The molecule has 0 amide bonds. The highest BCUT2D eigenvalue weighted by atomic mass is 32.2. The van der Waals surface area contributed by atoms with Gasteiger partial charge in [-0.15, -0.1) is 0 Å². The van der Waals surface area contributed by atoms with Gasteiger partial charge in [0.1, 0.15) is 6.10 Å². The molecule has 0 unspecified atom stereocenters. The van der Waals surface area contributed by atoms with E-state index in [9.17, 15) is 21.6 Å². The summed E-state index contributed by atoms with van der Waals surface area (Å²) in [5.41, 5.74) is 0.260. The normalized spacial score (nSPS) is 17.5. The minimum Gasteiger partial charge on any atom is -0.473 e. The Labute approximate surface area is 181 Å². The Morgan fingerprint density at radius 1 is 1.16 bits per heavy atom. The van der Waals surface area contributed by atoms with Gasteiger partial charge in [-0.05, 0) is 24.6 Å². The van der Waals surface area contributed by atoms with E-state index >= 15 is 0 Å². The van der Waals surface area contributed by atoms with Crippen molar-refractivity contribution in [2.45, 2.75) is 23.6 Å². The van der Waals surface area contributed by atoms with Crippen LogP contribution in [-0.4, -0.2) is 59.9 Å². The molecule has 1 fully saturated rings.